The molecule has 1 fully saturated rings. The van der Waals surface area contributed by atoms with E-state index in [2.05, 4.69) is 14.9 Å². The topological polar surface area (TPSA) is 71.3 Å². The molecule has 0 atom stereocenters. The van der Waals surface area contributed by atoms with Gasteiger partial charge in [-0.2, -0.15) is 0 Å². The van der Waals surface area contributed by atoms with Gasteiger partial charge in [-0.25, -0.2) is 14.4 Å². The average Bonchev–Trinajstić information content (AvgIpc) is 3.12. The Bertz CT molecular complexity index is 1440. The van der Waals surface area contributed by atoms with Crippen molar-refractivity contribution in [1.82, 2.24) is 14.5 Å². The molecule has 0 aliphatic carbocycles. The Kier molecular flexibility index (Phi) is 4.07. The summed E-state index contributed by atoms with van der Waals surface area (Å²) in [6.45, 7) is 2.34. The molecule has 2 aromatic heterocycles. The van der Waals surface area contributed by atoms with Crippen molar-refractivity contribution in [2.75, 3.05) is 36.0 Å². The molecule has 0 radical (unpaired) electrons. The van der Waals surface area contributed by atoms with Crippen LogP contribution in [-0.4, -0.2) is 46.5 Å². The molecule has 0 saturated carbocycles. The summed E-state index contributed by atoms with van der Waals surface area (Å²) >= 11 is 0. The highest BCUT2D eigenvalue weighted by molar-refractivity contribution is 6.17. The Labute approximate surface area is 182 Å². The molecule has 32 heavy (non-hydrogen) atoms. The third kappa shape index (κ3) is 2.65. The number of ketones is 1. The lowest BCUT2D eigenvalue weighted by molar-refractivity contribution is 0.103. The molecule has 8 heteroatoms. The van der Waals surface area contributed by atoms with Crippen LogP contribution in [0, 0.1) is 5.82 Å². The van der Waals surface area contributed by atoms with E-state index in [0.29, 0.717) is 42.8 Å². The maximum atomic E-state index is 15.1. The maximum absolute atomic E-state index is 15.1. The summed E-state index contributed by atoms with van der Waals surface area (Å²) in [6.07, 6.45) is 1.75. The SMILES string of the molecule is O=C1c2c(ccc(F)c2N2CCN(c3ccccn3)CC2)-n2c1nc1ccccc1c2=O. The third-order valence-corrected chi connectivity index (χ3v) is 6.12. The first-order chi connectivity index (χ1) is 15.6. The molecular weight excluding hydrogens is 409 g/mol. The molecule has 2 aromatic carbocycles. The lowest BCUT2D eigenvalue weighted by Crippen LogP contribution is -2.47. The van der Waals surface area contributed by atoms with Gasteiger partial charge in [-0.1, -0.05) is 18.2 Å². The van der Waals surface area contributed by atoms with Crippen molar-refractivity contribution < 1.29 is 9.18 Å². The van der Waals surface area contributed by atoms with E-state index < -0.39 is 11.6 Å². The summed E-state index contributed by atoms with van der Waals surface area (Å²) in [5.41, 5.74) is 0.960. The zero-order chi connectivity index (χ0) is 21.8. The number of benzene rings is 2. The van der Waals surface area contributed by atoms with Gasteiger partial charge in [0.1, 0.15) is 11.6 Å². The van der Waals surface area contributed by atoms with Gasteiger partial charge in [0, 0.05) is 32.4 Å². The van der Waals surface area contributed by atoms with E-state index in [4.69, 9.17) is 0 Å². The van der Waals surface area contributed by atoms with Crippen molar-refractivity contribution in [3.05, 3.63) is 88.4 Å². The Balaban J connectivity index is 1.42. The lowest BCUT2D eigenvalue weighted by Gasteiger charge is -2.37. The van der Waals surface area contributed by atoms with Gasteiger partial charge < -0.3 is 9.80 Å². The Hall–Kier alpha value is -4.07. The van der Waals surface area contributed by atoms with Gasteiger partial charge in [-0.15, -0.1) is 0 Å². The van der Waals surface area contributed by atoms with Crippen LogP contribution in [0.25, 0.3) is 16.6 Å². The molecule has 6 rings (SSSR count). The van der Waals surface area contributed by atoms with Crippen LogP contribution in [0.3, 0.4) is 0 Å². The molecule has 0 amide bonds. The number of hydrogen-bond acceptors (Lipinski definition) is 6. The van der Waals surface area contributed by atoms with Crippen molar-refractivity contribution in [3.8, 4) is 5.69 Å². The fourth-order valence-corrected chi connectivity index (χ4v) is 4.59. The second-order valence-electron chi connectivity index (χ2n) is 7.87. The van der Waals surface area contributed by atoms with E-state index in [1.165, 1.54) is 16.7 Å². The van der Waals surface area contributed by atoms with Crippen LogP contribution < -0.4 is 15.4 Å². The number of carbonyl (C=O) groups excluding carboxylic acids is 1. The van der Waals surface area contributed by atoms with Crippen LogP contribution in [0.5, 0.6) is 0 Å². The molecule has 2 aliphatic rings. The summed E-state index contributed by atoms with van der Waals surface area (Å²) in [5, 5.41) is 0.423. The lowest BCUT2D eigenvalue weighted by atomic mass is 10.1. The number of anilines is 2. The summed E-state index contributed by atoms with van der Waals surface area (Å²) in [7, 11) is 0. The fourth-order valence-electron chi connectivity index (χ4n) is 4.59. The van der Waals surface area contributed by atoms with Crippen LogP contribution in [0.4, 0.5) is 15.9 Å². The minimum atomic E-state index is -0.478. The highest BCUT2D eigenvalue weighted by Gasteiger charge is 2.36. The molecular formula is C24H18FN5O2. The zero-order valence-electron chi connectivity index (χ0n) is 17.0. The predicted molar refractivity (Wildman–Crippen MR) is 119 cm³/mol. The number of aromatic nitrogens is 3. The Morgan fingerprint density at radius 2 is 1.59 bits per heavy atom. The molecule has 7 nitrogen and oxygen atoms in total. The number of carbonyl (C=O) groups is 1. The normalized spacial score (nSPS) is 15.2. The van der Waals surface area contributed by atoms with Gasteiger partial charge in [0.15, 0.2) is 5.82 Å². The Morgan fingerprint density at radius 1 is 0.844 bits per heavy atom. The van der Waals surface area contributed by atoms with E-state index in [-0.39, 0.29) is 22.6 Å². The molecule has 0 bridgehead atoms. The van der Waals surface area contributed by atoms with Gasteiger partial charge in [-0.05, 0) is 36.4 Å². The monoisotopic (exact) mass is 427 g/mol. The van der Waals surface area contributed by atoms with Crippen molar-refractivity contribution in [2.45, 2.75) is 0 Å². The molecule has 158 valence electrons. The van der Waals surface area contributed by atoms with Crippen LogP contribution in [-0.2, 0) is 0 Å². The fraction of sp³-hybridized carbons (Fsp3) is 0.167. The summed E-state index contributed by atoms with van der Waals surface area (Å²) < 4.78 is 16.4. The minimum Gasteiger partial charge on any atom is -0.365 e. The molecule has 4 aromatic rings. The van der Waals surface area contributed by atoms with E-state index in [0.717, 1.165) is 5.82 Å². The van der Waals surface area contributed by atoms with Crippen molar-refractivity contribution >= 4 is 28.2 Å². The van der Waals surface area contributed by atoms with Crippen LogP contribution in [0.15, 0.2) is 65.6 Å². The molecule has 0 unspecified atom stereocenters. The molecule has 2 aliphatic heterocycles. The predicted octanol–water partition coefficient (Wildman–Crippen LogP) is 2.79. The van der Waals surface area contributed by atoms with Crippen molar-refractivity contribution in [1.29, 1.82) is 0 Å². The molecule has 0 spiro atoms. The second-order valence-corrected chi connectivity index (χ2v) is 7.87. The third-order valence-electron chi connectivity index (χ3n) is 6.12. The maximum Gasteiger partial charge on any atom is 0.266 e. The summed E-state index contributed by atoms with van der Waals surface area (Å²) in [4.78, 5) is 39.3. The van der Waals surface area contributed by atoms with Crippen LogP contribution >= 0.6 is 0 Å². The summed E-state index contributed by atoms with van der Waals surface area (Å²) in [5.74, 6) is -0.00203. The molecule has 0 N–H and O–H groups in total. The van der Waals surface area contributed by atoms with E-state index in [9.17, 15) is 9.59 Å². The van der Waals surface area contributed by atoms with Crippen LogP contribution in [0.1, 0.15) is 16.2 Å². The highest BCUT2D eigenvalue weighted by Crippen LogP contribution is 2.36. The van der Waals surface area contributed by atoms with Gasteiger partial charge in [0.25, 0.3) is 5.56 Å². The van der Waals surface area contributed by atoms with E-state index in [1.807, 2.05) is 23.1 Å². The number of rotatable bonds is 2. The highest BCUT2D eigenvalue weighted by atomic mass is 19.1. The largest absolute Gasteiger partial charge is 0.365 e. The Morgan fingerprint density at radius 3 is 2.38 bits per heavy atom. The summed E-state index contributed by atoms with van der Waals surface area (Å²) in [6, 6.07) is 15.5. The van der Waals surface area contributed by atoms with Gasteiger partial charge >= 0.3 is 0 Å². The van der Waals surface area contributed by atoms with Gasteiger partial charge in [0.05, 0.1) is 27.8 Å². The average molecular weight is 427 g/mol. The smallest absolute Gasteiger partial charge is 0.266 e. The van der Waals surface area contributed by atoms with Crippen molar-refractivity contribution in [3.63, 3.8) is 0 Å². The first-order valence-electron chi connectivity index (χ1n) is 10.4. The number of piperazine rings is 1. The second kappa shape index (κ2) is 6.98. The van der Waals surface area contributed by atoms with Gasteiger partial charge in [-0.3, -0.25) is 14.2 Å². The van der Waals surface area contributed by atoms with E-state index in [1.54, 1.807) is 30.5 Å². The number of halogens is 1. The number of pyridine rings is 1. The minimum absolute atomic E-state index is 0.0303. The van der Waals surface area contributed by atoms with E-state index >= 15 is 4.39 Å². The standard InChI is InChI=1S/C24H18FN5O2/c25-16-8-9-18-20(21(16)29-13-11-28(12-14-29)19-7-3-4-10-26-19)22(31)23-27-17-6-2-1-5-15(17)24(32)30(18)23/h1-10H,11-14H2. The number of hydrogen-bond donors (Lipinski definition) is 0. The number of para-hydroxylation sites is 1. The first-order valence-corrected chi connectivity index (χ1v) is 10.4. The van der Waals surface area contributed by atoms with Gasteiger partial charge in [0.2, 0.25) is 5.78 Å². The van der Waals surface area contributed by atoms with Crippen LogP contribution in [0.2, 0.25) is 0 Å². The van der Waals surface area contributed by atoms with Crippen molar-refractivity contribution in [2.24, 2.45) is 0 Å². The first kappa shape index (κ1) is 18.7. The molecule has 4 heterocycles. The quantitative estimate of drug-likeness (QED) is 0.432. The number of fused-ring (bicyclic) bond motifs is 4. The zero-order valence-corrected chi connectivity index (χ0v) is 17.0. The molecule has 1 saturated heterocycles. The number of nitrogens with zero attached hydrogens (tertiary/aromatic N) is 5.